The molecule has 1 heterocycles. The summed E-state index contributed by atoms with van der Waals surface area (Å²) in [6.07, 6.45) is 0. The quantitative estimate of drug-likeness (QED) is 0.593. The minimum atomic E-state index is -0.216. The van der Waals surface area contributed by atoms with Gasteiger partial charge in [-0.3, -0.25) is 4.79 Å². The fourth-order valence-corrected chi connectivity index (χ4v) is 4.20. The van der Waals surface area contributed by atoms with Crippen LogP contribution >= 0.6 is 0 Å². The van der Waals surface area contributed by atoms with Crippen molar-refractivity contribution in [3.05, 3.63) is 71.8 Å². The predicted molar refractivity (Wildman–Crippen MR) is 125 cm³/mol. The summed E-state index contributed by atoms with van der Waals surface area (Å²) in [5, 5.41) is 2.22. The molecule has 3 aromatic rings. The highest BCUT2D eigenvalue weighted by Crippen LogP contribution is 2.27. The second-order valence-electron chi connectivity index (χ2n) is 8.12. The molecule has 0 saturated carbocycles. The van der Waals surface area contributed by atoms with Gasteiger partial charge in [0, 0.05) is 32.4 Å². The van der Waals surface area contributed by atoms with E-state index in [1.807, 2.05) is 49.2 Å². The molecule has 162 valence electrons. The van der Waals surface area contributed by atoms with E-state index in [-0.39, 0.29) is 11.8 Å². The third kappa shape index (κ3) is 4.67. The summed E-state index contributed by atoms with van der Waals surface area (Å²) in [5.41, 5.74) is 3.38. The number of ether oxygens (including phenoxy) is 2. The molecule has 0 aliphatic carbocycles. The zero-order valence-corrected chi connectivity index (χ0v) is 18.5. The number of para-hydroxylation sites is 1. The average Bonchev–Trinajstić information content (AvgIpc) is 2.83. The summed E-state index contributed by atoms with van der Waals surface area (Å²) in [7, 11) is 3.56. The molecule has 1 saturated heterocycles. The lowest BCUT2D eigenvalue weighted by molar-refractivity contribution is -0.131. The maximum atomic E-state index is 13.2. The van der Waals surface area contributed by atoms with Gasteiger partial charge < -0.3 is 19.3 Å². The number of anilines is 1. The van der Waals surface area contributed by atoms with Gasteiger partial charge in [-0.05, 0) is 47.0 Å². The molecule has 0 aromatic heterocycles. The smallest absolute Gasteiger partial charge is 0.229 e. The van der Waals surface area contributed by atoms with Crippen LogP contribution in [0.25, 0.3) is 10.8 Å². The van der Waals surface area contributed by atoms with Crippen LogP contribution in [0.15, 0.2) is 60.7 Å². The molecule has 0 bridgehead atoms. The van der Waals surface area contributed by atoms with Crippen molar-refractivity contribution >= 4 is 22.4 Å². The Hall–Kier alpha value is -3.05. The monoisotopic (exact) mass is 418 g/mol. The van der Waals surface area contributed by atoms with Gasteiger partial charge in [0.1, 0.15) is 5.75 Å². The van der Waals surface area contributed by atoms with Crippen molar-refractivity contribution in [3.8, 4) is 5.75 Å². The van der Waals surface area contributed by atoms with Crippen LogP contribution in [-0.4, -0.2) is 51.3 Å². The average molecular weight is 419 g/mol. The first-order chi connectivity index (χ1) is 15.1. The Morgan fingerprint density at radius 3 is 2.55 bits per heavy atom. The summed E-state index contributed by atoms with van der Waals surface area (Å²) in [6.45, 7) is 5.82. The van der Waals surface area contributed by atoms with E-state index in [9.17, 15) is 4.79 Å². The van der Waals surface area contributed by atoms with Crippen molar-refractivity contribution in [2.45, 2.75) is 19.4 Å². The van der Waals surface area contributed by atoms with Gasteiger partial charge in [-0.25, -0.2) is 0 Å². The van der Waals surface area contributed by atoms with Crippen LogP contribution in [0.1, 0.15) is 24.0 Å². The van der Waals surface area contributed by atoms with Crippen molar-refractivity contribution in [1.82, 2.24) is 4.90 Å². The van der Waals surface area contributed by atoms with E-state index in [0.717, 1.165) is 54.0 Å². The van der Waals surface area contributed by atoms with Gasteiger partial charge in [-0.1, -0.05) is 42.5 Å². The molecule has 0 unspecified atom stereocenters. The molecule has 3 aromatic carbocycles. The van der Waals surface area contributed by atoms with E-state index in [0.29, 0.717) is 6.54 Å². The number of hydrogen-bond acceptors (Lipinski definition) is 4. The highest BCUT2D eigenvalue weighted by atomic mass is 16.5. The minimum Gasteiger partial charge on any atom is -0.497 e. The van der Waals surface area contributed by atoms with Gasteiger partial charge >= 0.3 is 0 Å². The summed E-state index contributed by atoms with van der Waals surface area (Å²) < 4.78 is 10.8. The lowest BCUT2D eigenvalue weighted by atomic mass is 9.96. The molecule has 0 radical (unpaired) electrons. The van der Waals surface area contributed by atoms with Crippen LogP contribution in [0, 0.1) is 0 Å². The minimum absolute atomic E-state index is 0.115. The fourth-order valence-electron chi connectivity index (χ4n) is 4.20. The highest BCUT2D eigenvalue weighted by molar-refractivity contribution is 5.88. The third-order valence-electron chi connectivity index (χ3n) is 6.07. The van der Waals surface area contributed by atoms with Crippen LogP contribution in [0.4, 0.5) is 5.69 Å². The Morgan fingerprint density at radius 2 is 1.77 bits per heavy atom. The number of rotatable bonds is 6. The molecular formula is C26H30N2O3. The van der Waals surface area contributed by atoms with Gasteiger partial charge in [0.25, 0.3) is 0 Å². The lowest BCUT2D eigenvalue weighted by Crippen LogP contribution is -2.37. The van der Waals surface area contributed by atoms with Gasteiger partial charge in [-0.15, -0.1) is 0 Å². The summed E-state index contributed by atoms with van der Waals surface area (Å²) in [4.78, 5) is 17.4. The molecular weight excluding hydrogens is 388 g/mol. The second-order valence-corrected chi connectivity index (χ2v) is 8.12. The second kappa shape index (κ2) is 9.40. The van der Waals surface area contributed by atoms with Crippen LogP contribution in [0.5, 0.6) is 5.75 Å². The van der Waals surface area contributed by atoms with E-state index < -0.39 is 0 Å². The topological polar surface area (TPSA) is 42.0 Å². The lowest BCUT2D eigenvalue weighted by Gasteiger charge is -2.32. The van der Waals surface area contributed by atoms with Crippen LogP contribution in [0.2, 0.25) is 0 Å². The molecule has 1 fully saturated rings. The van der Waals surface area contributed by atoms with Crippen molar-refractivity contribution in [2.75, 3.05) is 45.4 Å². The number of nitrogens with zero attached hydrogens (tertiary/aromatic N) is 2. The molecule has 31 heavy (non-hydrogen) atoms. The van der Waals surface area contributed by atoms with Gasteiger partial charge in [0.05, 0.1) is 26.2 Å². The Balaban J connectivity index is 1.50. The molecule has 5 heteroatoms. The molecule has 1 aliphatic heterocycles. The SMILES string of the molecule is COc1ccc2cc([C@@H](C)C(=O)N(C)Cc3ccccc3N3CCOCC3)ccc2c1. The Kier molecular flexibility index (Phi) is 6.42. The number of methoxy groups -OCH3 is 1. The Bertz CT molecular complexity index is 1060. The van der Waals surface area contributed by atoms with Crippen LogP contribution in [0.3, 0.4) is 0 Å². The zero-order valence-electron chi connectivity index (χ0n) is 18.5. The van der Waals surface area contributed by atoms with E-state index in [1.165, 1.54) is 5.69 Å². The van der Waals surface area contributed by atoms with Crippen molar-refractivity contribution < 1.29 is 14.3 Å². The summed E-state index contributed by atoms with van der Waals surface area (Å²) >= 11 is 0. The van der Waals surface area contributed by atoms with Gasteiger partial charge in [0.15, 0.2) is 0 Å². The van der Waals surface area contributed by atoms with E-state index >= 15 is 0 Å². The van der Waals surface area contributed by atoms with E-state index in [4.69, 9.17) is 9.47 Å². The Morgan fingerprint density at radius 1 is 1.06 bits per heavy atom. The first-order valence-electron chi connectivity index (χ1n) is 10.8. The molecule has 0 spiro atoms. The van der Waals surface area contributed by atoms with Gasteiger partial charge in [-0.2, -0.15) is 0 Å². The van der Waals surface area contributed by atoms with Gasteiger partial charge in [0.2, 0.25) is 5.91 Å². The number of amides is 1. The third-order valence-corrected chi connectivity index (χ3v) is 6.07. The first-order valence-corrected chi connectivity index (χ1v) is 10.8. The van der Waals surface area contributed by atoms with E-state index in [1.54, 1.807) is 7.11 Å². The van der Waals surface area contributed by atoms with Crippen molar-refractivity contribution in [3.63, 3.8) is 0 Å². The highest BCUT2D eigenvalue weighted by Gasteiger charge is 2.22. The molecule has 1 atom stereocenters. The fraction of sp³-hybridized carbons (Fsp3) is 0.346. The number of fused-ring (bicyclic) bond motifs is 1. The van der Waals surface area contributed by atoms with Crippen LogP contribution in [-0.2, 0) is 16.1 Å². The normalized spacial score (nSPS) is 15.0. The molecule has 5 nitrogen and oxygen atoms in total. The van der Waals surface area contributed by atoms with E-state index in [2.05, 4.69) is 35.2 Å². The molecule has 4 rings (SSSR count). The predicted octanol–water partition coefficient (Wildman–Crippen LogP) is 4.45. The number of hydrogen-bond donors (Lipinski definition) is 0. The number of morpholine rings is 1. The number of carbonyl (C=O) groups excluding carboxylic acids is 1. The van der Waals surface area contributed by atoms with Crippen molar-refractivity contribution in [2.24, 2.45) is 0 Å². The molecule has 1 aliphatic rings. The molecule has 0 N–H and O–H groups in total. The molecule has 1 amide bonds. The largest absolute Gasteiger partial charge is 0.497 e. The number of likely N-dealkylation sites (N-methyl/N-ethyl adjacent to an activating group) is 1. The standard InChI is InChI=1S/C26H30N2O3/c1-19(20-8-9-22-17-24(30-3)11-10-21(22)16-20)26(29)27(2)18-23-6-4-5-7-25(23)28-12-14-31-15-13-28/h4-11,16-17,19H,12-15,18H2,1-3H3/t19-/m1/s1. The number of benzene rings is 3. The summed E-state index contributed by atoms with van der Waals surface area (Å²) in [6, 6.07) is 20.6. The maximum Gasteiger partial charge on any atom is 0.229 e. The first kappa shape index (κ1) is 21.2. The van der Waals surface area contributed by atoms with Crippen molar-refractivity contribution in [1.29, 1.82) is 0 Å². The summed E-state index contributed by atoms with van der Waals surface area (Å²) in [5.74, 6) is 0.736. The Labute approximate surface area is 184 Å². The van der Waals surface area contributed by atoms with Crippen LogP contribution < -0.4 is 9.64 Å². The maximum absolute atomic E-state index is 13.2. The zero-order chi connectivity index (χ0) is 21.8. The number of carbonyl (C=O) groups is 1.